The van der Waals surface area contributed by atoms with E-state index in [1.165, 1.54) is 15.9 Å². The SMILES string of the molecule is CN([C@@H]1CCCc2ccccc21)S(=O)(=O)c1cccc(Cl)c1. The Balaban J connectivity index is 1.99. The molecule has 1 aliphatic rings. The number of hydrogen-bond acceptors (Lipinski definition) is 2. The van der Waals surface area contributed by atoms with Gasteiger partial charge in [0.15, 0.2) is 0 Å². The first-order chi connectivity index (χ1) is 10.5. The van der Waals surface area contributed by atoms with Crippen LogP contribution >= 0.6 is 11.6 Å². The Labute approximate surface area is 136 Å². The number of sulfonamides is 1. The van der Waals surface area contributed by atoms with Crippen LogP contribution in [0.3, 0.4) is 0 Å². The average Bonchev–Trinajstić information content (AvgIpc) is 2.53. The maximum absolute atomic E-state index is 12.9. The fraction of sp³-hybridized carbons (Fsp3) is 0.294. The fourth-order valence-electron chi connectivity index (χ4n) is 3.07. The van der Waals surface area contributed by atoms with Crippen LogP contribution in [0.2, 0.25) is 5.02 Å². The number of rotatable bonds is 3. The summed E-state index contributed by atoms with van der Waals surface area (Å²) >= 11 is 5.94. The third-order valence-corrected chi connectivity index (χ3v) is 6.35. The molecule has 0 fully saturated rings. The molecule has 1 aliphatic carbocycles. The quantitative estimate of drug-likeness (QED) is 0.849. The molecule has 2 aromatic rings. The molecular weight excluding hydrogens is 318 g/mol. The van der Waals surface area contributed by atoms with Crippen LogP contribution in [-0.4, -0.2) is 19.8 Å². The number of hydrogen-bond donors (Lipinski definition) is 0. The van der Waals surface area contributed by atoms with Gasteiger partial charge in [0, 0.05) is 18.1 Å². The lowest BCUT2D eigenvalue weighted by molar-refractivity contribution is 0.337. The molecule has 0 N–H and O–H groups in total. The Bertz CT molecular complexity index is 789. The van der Waals surface area contributed by atoms with Crippen LogP contribution in [0.25, 0.3) is 0 Å². The van der Waals surface area contributed by atoms with Crippen molar-refractivity contribution in [1.82, 2.24) is 4.31 Å². The summed E-state index contributed by atoms with van der Waals surface area (Å²) in [7, 11) is -1.90. The molecule has 3 rings (SSSR count). The highest BCUT2D eigenvalue weighted by molar-refractivity contribution is 7.89. The van der Waals surface area contributed by atoms with Gasteiger partial charge in [-0.1, -0.05) is 41.9 Å². The molecule has 0 saturated carbocycles. The summed E-state index contributed by atoms with van der Waals surface area (Å²) in [6.45, 7) is 0. The van der Waals surface area contributed by atoms with Crippen molar-refractivity contribution in [3.8, 4) is 0 Å². The van der Waals surface area contributed by atoms with Gasteiger partial charge in [-0.05, 0) is 48.6 Å². The van der Waals surface area contributed by atoms with Gasteiger partial charge in [-0.15, -0.1) is 0 Å². The summed E-state index contributed by atoms with van der Waals surface area (Å²) in [6, 6.07) is 14.4. The summed E-state index contributed by atoms with van der Waals surface area (Å²) in [5.41, 5.74) is 2.36. The fourth-order valence-corrected chi connectivity index (χ4v) is 4.74. The Morgan fingerprint density at radius 2 is 1.91 bits per heavy atom. The number of benzene rings is 2. The Morgan fingerprint density at radius 1 is 1.14 bits per heavy atom. The van der Waals surface area contributed by atoms with E-state index in [4.69, 9.17) is 11.6 Å². The van der Waals surface area contributed by atoms with Crippen molar-refractivity contribution in [3.63, 3.8) is 0 Å². The smallest absolute Gasteiger partial charge is 0.207 e. The zero-order chi connectivity index (χ0) is 15.7. The lowest BCUT2D eigenvalue weighted by Gasteiger charge is -2.32. The third kappa shape index (κ3) is 2.78. The minimum Gasteiger partial charge on any atom is -0.207 e. The van der Waals surface area contributed by atoms with Crippen LogP contribution in [0.15, 0.2) is 53.4 Å². The van der Waals surface area contributed by atoms with E-state index in [9.17, 15) is 8.42 Å². The number of halogens is 1. The van der Waals surface area contributed by atoms with E-state index in [0.717, 1.165) is 24.8 Å². The highest BCUT2D eigenvalue weighted by Crippen LogP contribution is 2.36. The molecule has 0 radical (unpaired) electrons. The van der Waals surface area contributed by atoms with Crippen molar-refractivity contribution < 1.29 is 8.42 Å². The van der Waals surface area contributed by atoms with E-state index in [2.05, 4.69) is 6.07 Å². The number of aryl methyl sites for hydroxylation is 1. The lowest BCUT2D eigenvalue weighted by Crippen LogP contribution is -2.33. The van der Waals surface area contributed by atoms with Crippen LogP contribution in [0.4, 0.5) is 0 Å². The molecule has 0 spiro atoms. The predicted octanol–water partition coefficient (Wildman–Crippen LogP) is 4.04. The molecule has 0 unspecified atom stereocenters. The van der Waals surface area contributed by atoms with Crippen molar-refractivity contribution in [2.75, 3.05) is 7.05 Å². The van der Waals surface area contributed by atoms with Crippen LogP contribution in [-0.2, 0) is 16.4 Å². The highest BCUT2D eigenvalue weighted by atomic mass is 35.5. The van der Waals surface area contributed by atoms with Crippen LogP contribution in [0, 0.1) is 0 Å². The van der Waals surface area contributed by atoms with Crippen molar-refractivity contribution in [1.29, 1.82) is 0 Å². The molecule has 0 aliphatic heterocycles. The van der Waals surface area contributed by atoms with Gasteiger partial charge in [0.05, 0.1) is 4.90 Å². The highest BCUT2D eigenvalue weighted by Gasteiger charge is 2.31. The summed E-state index contributed by atoms with van der Waals surface area (Å²) in [6.07, 6.45) is 2.85. The first kappa shape index (κ1) is 15.5. The predicted molar refractivity (Wildman–Crippen MR) is 88.5 cm³/mol. The van der Waals surface area contributed by atoms with Gasteiger partial charge in [-0.25, -0.2) is 8.42 Å². The van der Waals surface area contributed by atoms with E-state index >= 15 is 0 Å². The molecule has 0 amide bonds. The zero-order valence-corrected chi connectivity index (χ0v) is 13.9. The van der Waals surface area contributed by atoms with E-state index in [1.54, 1.807) is 25.2 Å². The van der Waals surface area contributed by atoms with E-state index < -0.39 is 10.0 Å². The minimum absolute atomic E-state index is 0.117. The molecule has 0 aromatic heterocycles. The van der Waals surface area contributed by atoms with Gasteiger partial charge in [0.25, 0.3) is 0 Å². The van der Waals surface area contributed by atoms with Gasteiger partial charge in [0.1, 0.15) is 0 Å². The average molecular weight is 336 g/mol. The van der Waals surface area contributed by atoms with Crippen molar-refractivity contribution in [3.05, 3.63) is 64.7 Å². The molecule has 0 saturated heterocycles. The van der Waals surface area contributed by atoms with Gasteiger partial charge in [-0.3, -0.25) is 0 Å². The van der Waals surface area contributed by atoms with Crippen molar-refractivity contribution in [2.45, 2.75) is 30.2 Å². The molecule has 1 atom stereocenters. The third-order valence-electron chi connectivity index (χ3n) is 4.25. The second-order valence-electron chi connectivity index (χ2n) is 5.59. The summed E-state index contributed by atoms with van der Waals surface area (Å²) in [5.74, 6) is 0. The van der Waals surface area contributed by atoms with Crippen LogP contribution in [0.1, 0.15) is 30.0 Å². The Hall–Kier alpha value is -1.36. The van der Waals surface area contributed by atoms with E-state index in [-0.39, 0.29) is 10.9 Å². The lowest BCUT2D eigenvalue weighted by atomic mass is 9.88. The number of fused-ring (bicyclic) bond motifs is 1. The molecule has 2 aromatic carbocycles. The van der Waals surface area contributed by atoms with Crippen molar-refractivity contribution >= 4 is 21.6 Å². The molecule has 22 heavy (non-hydrogen) atoms. The maximum Gasteiger partial charge on any atom is 0.243 e. The maximum atomic E-state index is 12.9. The molecular formula is C17H18ClNO2S. The second kappa shape index (κ2) is 6.03. The topological polar surface area (TPSA) is 37.4 Å². The summed E-state index contributed by atoms with van der Waals surface area (Å²) in [4.78, 5) is 0.241. The van der Waals surface area contributed by atoms with Gasteiger partial charge in [-0.2, -0.15) is 4.31 Å². The first-order valence-corrected chi connectivity index (χ1v) is 9.13. The van der Waals surface area contributed by atoms with Gasteiger partial charge < -0.3 is 0 Å². The van der Waals surface area contributed by atoms with Crippen LogP contribution in [0.5, 0.6) is 0 Å². The zero-order valence-electron chi connectivity index (χ0n) is 12.4. The van der Waals surface area contributed by atoms with Gasteiger partial charge >= 0.3 is 0 Å². The van der Waals surface area contributed by atoms with E-state index in [1.807, 2.05) is 18.2 Å². The van der Waals surface area contributed by atoms with Crippen LogP contribution < -0.4 is 0 Å². The molecule has 0 heterocycles. The molecule has 3 nitrogen and oxygen atoms in total. The summed E-state index contributed by atoms with van der Waals surface area (Å²) < 4.78 is 27.2. The summed E-state index contributed by atoms with van der Waals surface area (Å²) in [5, 5.41) is 0.429. The monoisotopic (exact) mass is 335 g/mol. The molecule has 116 valence electrons. The normalized spacial score (nSPS) is 18.2. The molecule has 5 heteroatoms. The minimum atomic E-state index is -3.55. The second-order valence-corrected chi connectivity index (χ2v) is 8.02. The standard InChI is InChI=1S/C17H18ClNO2S/c1-19(22(20,21)15-9-5-8-14(18)12-15)17-11-4-7-13-6-2-3-10-16(13)17/h2-3,5-6,8-10,12,17H,4,7,11H2,1H3/t17-/m1/s1. The number of nitrogens with zero attached hydrogens (tertiary/aromatic N) is 1. The molecule has 0 bridgehead atoms. The first-order valence-electron chi connectivity index (χ1n) is 7.31. The Kier molecular flexibility index (Phi) is 4.26. The van der Waals surface area contributed by atoms with Crippen molar-refractivity contribution in [2.24, 2.45) is 0 Å². The van der Waals surface area contributed by atoms with Gasteiger partial charge in [0.2, 0.25) is 10.0 Å². The van der Waals surface area contributed by atoms with E-state index in [0.29, 0.717) is 5.02 Å². The Morgan fingerprint density at radius 3 is 2.68 bits per heavy atom. The largest absolute Gasteiger partial charge is 0.243 e.